The average Bonchev–Trinajstić information content (AvgIpc) is 3.13. The minimum Gasteiger partial charge on any atom is -0.461 e. The standard InChI is InChI=1S/C22H29N5O3/c1-4-30-21(29)17-11-19-18(12-24-17)25-14-27(19)9-8-22(2,3)26-13-20(28)15-6-5-7-16(23)10-15/h5-7,10-12,14,20,26,28H,4,8-9,13,23H2,1-3H3. The van der Waals surface area contributed by atoms with Gasteiger partial charge in [0, 0.05) is 24.3 Å². The molecule has 0 radical (unpaired) electrons. The van der Waals surface area contributed by atoms with Gasteiger partial charge >= 0.3 is 5.97 Å². The highest BCUT2D eigenvalue weighted by Crippen LogP contribution is 2.19. The first-order chi connectivity index (χ1) is 14.3. The second kappa shape index (κ2) is 9.23. The number of nitrogens with one attached hydrogen (secondary N) is 1. The molecule has 30 heavy (non-hydrogen) atoms. The van der Waals surface area contributed by atoms with Crippen molar-refractivity contribution in [2.45, 2.75) is 45.4 Å². The normalized spacial score (nSPS) is 12.8. The molecular formula is C22H29N5O3. The second-order valence-corrected chi connectivity index (χ2v) is 7.92. The van der Waals surface area contributed by atoms with Gasteiger partial charge in [-0.3, -0.25) is 0 Å². The Labute approximate surface area is 176 Å². The number of pyridine rings is 1. The van der Waals surface area contributed by atoms with Crippen LogP contribution in [0.4, 0.5) is 5.69 Å². The number of β-amino-alcohol motifs (C(OH)–C–C–N with tert-alkyl or cyclic N) is 1. The Morgan fingerprint density at radius 1 is 1.33 bits per heavy atom. The van der Waals surface area contributed by atoms with E-state index in [0.29, 0.717) is 25.4 Å². The summed E-state index contributed by atoms with van der Waals surface area (Å²) in [4.78, 5) is 20.5. The number of anilines is 1. The molecule has 0 spiro atoms. The van der Waals surface area contributed by atoms with Crippen molar-refractivity contribution < 1.29 is 14.6 Å². The van der Waals surface area contributed by atoms with Crippen LogP contribution >= 0.6 is 0 Å². The maximum absolute atomic E-state index is 12.0. The van der Waals surface area contributed by atoms with Crippen molar-refractivity contribution in [3.05, 3.63) is 54.1 Å². The Hall–Kier alpha value is -2.97. The molecule has 1 unspecified atom stereocenters. The molecule has 0 saturated carbocycles. The number of benzene rings is 1. The smallest absolute Gasteiger partial charge is 0.356 e. The number of nitrogen functional groups attached to an aromatic ring is 1. The van der Waals surface area contributed by atoms with Crippen molar-refractivity contribution in [2.75, 3.05) is 18.9 Å². The molecule has 160 valence electrons. The number of aryl methyl sites for hydroxylation is 1. The molecule has 0 fully saturated rings. The van der Waals surface area contributed by atoms with Crippen molar-refractivity contribution in [1.29, 1.82) is 0 Å². The molecule has 1 aromatic carbocycles. The van der Waals surface area contributed by atoms with Crippen molar-refractivity contribution in [1.82, 2.24) is 19.9 Å². The molecule has 4 N–H and O–H groups in total. The number of esters is 1. The van der Waals surface area contributed by atoms with Crippen molar-refractivity contribution >= 4 is 22.7 Å². The van der Waals surface area contributed by atoms with Crippen LogP contribution in [0.2, 0.25) is 0 Å². The van der Waals surface area contributed by atoms with Gasteiger partial charge in [0.15, 0.2) is 5.69 Å². The molecule has 3 aromatic rings. The van der Waals surface area contributed by atoms with Crippen molar-refractivity contribution in [3.8, 4) is 0 Å². The van der Waals surface area contributed by atoms with Gasteiger partial charge in [0.05, 0.1) is 30.8 Å². The molecule has 0 saturated heterocycles. The van der Waals surface area contributed by atoms with Gasteiger partial charge in [-0.2, -0.15) is 0 Å². The number of carbonyl (C=O) groups is 1. The Morgan fingerprint density at radius 3 is 2.87 bits per heavy atom. The molecule has 0 bridgehead atoms. The number of aliphatic hydroxyl groups is 1. The molecule has 0 aliphatic rings. The largest absolute Gasteiger partial charge is 0.461 e. The van der Waals surface area contributed by atoms with Gasteiger partial charge in [-0.25, -0.2) is 14.8 Å². The van der Waals surface area contributed by atoms with Crippen LogP contribution in [0.5, 0.6) is 0 Å². The number of hydrogen-bond donors (Lipinski definition) is 3. The minimum absolute atomic E-state index is 0.227. The Balaban J connectivity index is 1.62. The number of imidazole rings is 1. The van der Waals surface area contributed by atoms with E-state index in [-0.39, 0.29) is 11.2 Å². The van der Waals surface area contributed by atoms with E-state index in [9.17, 15) is 9.90 Å². The zero-order chi connectivity index (χ0) is 21.7. The average molecular weight is 412 g/mol. The first-order valence-electron chi connectivity index (χ1n) is 10.1. The van der Waals surface area contributed by atoms with Gasteiger partial charge in [-0.05, 0) is 51.0 Å². The molecule has 0 amide bonds. The number of nitrogens with zero attached hydrogens (tertiary/aromatic N) is 3. The lowest BCUT2D eigenvalue weighted by molar-refractivity contribution is 0.0519. The number of hydrogen-bond acceptors (Lipinski definition) is 7. The number of carbonyl (C=O) groups excluding carboxylic acids is 1. The monoisotopic (exact) mass is 411 g/mol. The van der Waals surface area contributed by atoms with Crippen LogP contribution in [0.25, 0.3) is 11.0 Å². The van der Waals surface area contributed by atoms with E-state index >= 15 is 0 Å². The third-order valence-electron chi connectivity index (χ3n) is 5.04. The molecule has 3 rings (SSSR count). The summed E-state index contributed by atoms with van der Waals surface area (Å²) in [5.41, 5.74) is 8.83. The van der Waals surface area contributed by atoms with Gasteiger partial charge < -0.3 is 25.5 Å². The summed E-state index contributed by atoms with van der Waals surface area (Å²) in [5, 5.41) is 13.9. The van der Waals surface area contributed by atoms with E-state index in [0.717, 1.165) is 23.0 Å². The quantitative estimate of drug-likeness (QED) is 0.366. The molecule has 2 heterocycles. The van der Waals surface area contributed by atoms with E-state index in [1.54, 1.807) is 37.6 Å². The van der Waals surface area contributed by atoms with Crippen LogP contribution in [-0.4, -0.2) is 44.3 Å². The first-order valence-corrected chi connectivity index (χ1v) is 10.1. The molecule has 2 aromatic heterocycles. The highest BCUT2D eigenvalue weighted by molar-refractivity contribution is 5.91. The molecule has 8 nitrogen and oxygen atoms in total. The lowest BCUT2D eigenvalue weighted by atomic mass is 9.99. The van der Waals surface area contributed by atoms with E-state index < -0.39 is 12.1 Å². The summed E-state index contributed by atoms with van der Waals surface area (Å²) in [5.74, 6) is -0.440. The van der Waals surface area contributed by atoms with Gasteiger partial charge in [-0.15, -0.1) is 0 Å². The second-order valence-electron chi connectivity index (χ2n) is 7.92. The topological polar surface area (TPSA) is 115 Å². The number of nitrogens with two attached hydrogens (primary N) is 1. The fraction of sp³-hybridized carbons (Fsp3) is 0.409. The zero-order valence-electron chi connectivity index (χ0n) is 17.6. The summed E-state index contributed by atoms with van der Waals surface area (Å²) in [6.07, 6.45) is 3.49. The Bertz CT molecular complexity index is 1010. The van der Waals surface area contributed by atoms with Gasteiger partial charge in [0.1, 0.15) is 5.52 Å². The predicted molar refractivity (Wildman–Crippen MR) is 116 cm³/mol. The Morgan fingerprint density at radius 2 is 2.13 bits per heavy atom. The fourth-order valence-corrected chi connectivity index (χ4v) is 3.20. The third-order valence-corrected chi connectivity index (χ3v) is 5.04. The van der Waals surface area contributed by atoms with Gasteiger partial charge in [0.2, 0.25) is 0 Å². The Kier molecular flexibility index (Phi) is 6.69. The summed E-state index contributed by atoms with van der Waals surface area (Å²) in [6.45, 7) is 7.35. The molecule has 8 heteroatoms. The van der Waals surface area contributed by atoms with Gasteiger partial charge in [-0.1, -0.05) is 12.1 Å². The van der Waals surface area contributed by atoms with E-state index in [1.165, 1.54) is 0 Å². The van der Waals surface area contributed by atoms with Crippen LogP contribution in [0.3, 0.4) is 0 Å². The zero-order valence-corrected chi connectivity index (χ0v) is 17.6. The van der Waals surface area contributed by atoms with Crippen LogP contribution in [0.1, 0.15) is 49.3 Å². The van der Waals surface area contributed by atoms with Crippen LogP contribution in [0.15, 0.2) is 42.9 Å². The van der Waals surface area contributed by atoms with E-state index in [2.05, 4.69) is 29.1 Å². The first kappa shape index (κ1) is 21.7. The highest BCUT2D eigenvalue weighted by atomic mass is 16.5. The summed E-state index contributed by atoms with van der Waals surface area (Å²) in [7, 11) is 0. The highest BCUT2D eigenvalue weighted by Gasteiger charge is 2.20. The van der Waals surface area contributed by atoms with Crippen LogP contribution < -0.4 is 11.1 Å². The summed E-state index contributed by atoms with van der Waals surface area (Å²) < 4.78 is 7.03. The number of aromatic nitrogens is 3. The maximum Gasteiger partial charge on any atom is 0.356 e. The third kappa shape index (κ3) is 5.34. The van der Waals surface area contributed by atoms with Gasteiger partial charge in [0.25, 0.3) is 0 Å². The van der Waals surface area contributed by atoms with Crippen LogP contribution in [0, 0.1) is 0 Å². The number of aliphatic hydroxyl groups excluding tert-OH is 1. The minimum atomic E-state index is -0.639. The van der Waals surface area contributed by atoms with Crippen molar-refractivity contribution in [2.24, 2.45) is 0 Å². The molecule has 0 aliphatic carbocycles. The van der Waals surface area contributed by atoms with Crippen molar-refractivity contribution in [3.63, 3.8) is 0 Å². The lowest BCUT2D eigenvalue weighted by Crippen LogP contribution is -2.42. The van der Waals surface area contributed by atoms with E-state index in [4.69, 9.17) is 10.5 Å². The number of fused-ring (bicyclic) bond motifs is 1. The summed E-state index contributed by atoms with van der Waals surface area (Å²) in [6, 6.07) is 8.99. The predicted octanol–water partition coefficient (Wildman–Crippen LogP) is 2.68. The van der Waals surface area contributed by atoms with E-state index in [1.807, 2.05) is 16.7 Å². The SMILES string of the molecule is CCOC(=O)c1cc2c(cn1)ncn2CCC(C)(C)NCC(O)c1cccc(N)c1. The number of ether oxygens (including phenoxy) is 1. The fourth-order valence-electron chi connectivity index (χ4n) is 3.20. The molecule has 0 aliphatic heterocycles. The molecular weight excluding hydrogens is 382 g/mol. The summed E-state index contributed by atoms with van der Waals surface area (Å²) >= 11 is 0. The number of rotatable bonds is 9. The maximum atomic E-state index is 12.0. The lowest BCUT2D eigenvalue weighted by Gasteiger charge is -2.28. The molecule has 1 atom stereocenters. The van der Waals surface area contributed by atoms with Crippen LogP contribution in [-0.2, 0) is 11.3 Å².